The summed E-state index contributed by atoms with van der Waals surface area (Å²) in [4.78, 5) is 2.33. The minimum Gasteiger partial charge on any atom is -0.374 e. The molecule has 1 aliphatic rings. The molecule has 1 saturated heterocycles. The van der Waals surface area contributed by atoms with Crippen molar-refractivity contribution in [3.8, 4) is 0 Å². The van der Waals surface area contributed by atoms with Crippen molar-refractivity contribution in [2.45, 2.75) is 31.9 Å². The molecule has 20 heavy (non-hydrogen) atoms. The van der Waals surface area contributed by atoms with Gasteiger partial charge in [0.25, 0.3) is 0 Å². The molecular weight excluding hydrogens is 262 g/mol. The molecule has 1 fully saturated rings. The first-order valence-corrected chi connectivity index (χ1v) is 7.13. The summed E-state index contributed by atoms with van der Waals surface area (Å²) in [7, 11) is 0. The minimum atomic E-state index is -0.828. The second-order valence-electron chi connectivity index (χ2n) is 5.33. The normalized spacial score (nSPS) is 21.9. The average molecular weight is 284 g/mol. The van der Waals surface area contributed by atoms with Crippen molar-refractivity contribution in [1.29, 1.82) is 0 Å². The highest BCUT2D eigenvalue weighted by Crippen LogP contribution is 2.14. The van der Waals surface area contributed by atoms with E-state index in [4.69, 9.17) is 10.5 Å². The van der Waals surface area contributed by atoms with E-state index in [1.807, 2.05) is 0 Å². The van der Waals surface area contributed by atoms with Crippen LogP contribution >= 0.6 is 0 Å². The van der Waals surface area contributed by atoms with Gasteiger partial charge in [0, 0.05) is 19.1 Å². The highest BCUT2D eigenvalue weighted by Gasteiger charge is 2.25. The largest absolute Gasteiger partial charge is 0.374 e. The fraction of sp³-hybridized carbons (Fsp3) is 0.600. The molecule has 5 heteroatoms. The van der Waals surface area contributed by atoms with Gasteiger partial charge in [-0.25, -0.2) is 8.78 Å². The van der Waals surface area contributed by atoms with Gasteiger partial charge in [-0.1, -0.05) is 13.0 Å². The van der Waals surface area contributed by atoms with Gasteiger partial charge in [-0.05, 0) is 37.1 Å². The standard InChI is InChI=1S/C15H22F2N2O/c1-2-5-19-6-7-20-15(10-19)14(18)9-11-3-4-12(16)13(17)8-11/h3-4,8,14-15H,2,5-7,9-10,18H2,1H3. The number of hydrogen-bond acceptors (Lipinski definition) is 3. The lowest BCUT2D eigenvalue weighted by Gasteiger charge is -2.35. The lowest BCUT2D eigenvalue weighted by molar-refractivity contribution is -0.0400. The summed E-state index contributed by atoms with van der Waals surface area (Å²) in [5, 5.41) is 0. The molecule has 0 amide bonds. The van der Waals surface area contributed by atoms with Gasteiger partial charge in [0.05, 0.1) is 12.7 Å². The van der Waals surface area contributed by atoms with Gasteiger partial charge in [0.15, 0.2) is 11.6 Å². The molecule has 112 valence electrons. The number of nitrogens with two attached hydrogens (primary N) is 1. The second-order valence-corrected chi connectivity index (χ2v) is 5.33. The second kappa shape index (κ2) is 7.11. The Morgan fingerprint density at radius 3 is 2.90 bits per heavy atom. The third-order valence-corrected chi connectivity index (χ3v) is 3.65. The van der Waals surface area contributed by atoms with Crippen molar-refractivity contribution < 1.29 is 13.5 Å². The van der Waals surface area contributed by atoms with E-state index in [-0.39, 0.29) is 12.1 Å². The van der Waals surface area contributed by atoms with Gasteiger partial charge in [-0.3, -0.25) is 4.90 Å². The SMILES string of the molecule is CCCN1CCOC(C(N)Cc2ccc(F)c(F)c2)C1. The van der Waals surface area contributed by atoms with Gasteiger partial charge in [-0.15, -0.1) is 0 Å². The van der Waals surface area contributed by atoms with Crippen LogP contribution in [0.5, 0.6) is 0 Å². The third-order valence-electron chi connectivity index (χ3n) is 3.65. The number of hydrogen-bond donors (Lipinski definition) is 1. The lowest BCUT2D eigenvalue weighted by atomic mass is 10.0. The number of benzene rings is 1. The Hall–Kier alpha value is -1.04. The Balaban J connectivity index is 1.93. The van der Waals surface area contributed by atoms with E-state index < -0.39 is 11.6 Å². The maximum Gasteiger partial charge on any atom is 0.159 e. The Morgan fingerprint density at radius 1 is 1.40 bits per heavy atom. The van der Waals surface area contributed by atoms with Gasteiger partial charge >= 0.3 is 0 Å². The van der Waals surface area contributed by atoms with Crippen LogP contribution in [-0.2, 0) is 11.2 Å². The van der Waals surface area contributed by atoms with Crippen LogP contribution in [0.3, 0.4) is 0 Å². The quantitative estimate of drug-likeness (QED) is 0.898. The molecule has 0 spiro atoms. The highest BCUT2D eigenvalue weighted by atomic mass is 19.2. The Kier molecular flexibility index (Phi) is 5.46. The molecule has 0 bridgehead atoms. The maximum absolute atomic E-state index is 13.2. The Labute approximate surface area is 118 Å². The van der Waals surface area contributed by atoms with Crippen LogP contribution in [0.25, 0.3) is 0 Å². The average Bonchev–Trinajstić information content (AvgIpc) is 2.43. The Morgan fingerprint density at radius 2 is 2.20 bits per heavy atom. The molecule has 1 aromatic rings. The zero-order valence-corrected chi connectivity index (χ0v) is 11.8. The maximum atomic E-state index is 13.2. The number of rotatable bonds is 5. The van der Waals surface area contributed by atoms with Gasteiger partial charge in [0.1, 0.15) is 0 Å². The van der Waals surface area contributed by atoms with E-state index in [0.717, 1.165) is 32.1 Å². The highest BCUT2D eigenvalue weighted by molar-refractivity contribution is 5.19. The van der Waals surface area contributed by atoms with Crippen molar-refractivity contribution in [2.75, 3.05) is 26.2 Å². The number of halogens is 2. The van der Waals surface area contributed by atoms with Gasteiger partial charge in [0.2, 0.25) is 0 Å². The monoisotopic (exact) mass is 284 g/mol. The van der Waals surface area contributed by atoms with Crippen LogP contribution in [0.1, 0.15) is 18.9 Å². The summed E-state index contributed by atoms with van der Waals surface area (Å²) < 4.78 is 31.8. The van der Waals surface area contributed by atoms with Crippen molar-refractivity contribution in [3.05, 3.63) is 35.4 Å². The Bertz CT molecular complexity index is 440. The molecule has 0 saturated carbocycles. The first-order valence-electron chi connectivity index (χ1n) is 7.13. The minimum absolute atomic E-state index is 0.0524. The molecule has 3 nitrogen and oxygen atoms in total. The van der Waals surface area contributed by atoms with Crippen LogP contribution in [0.4, 0.5) is 8.78 Å². The lowest BCUT2D eigenvalue weighted by Crippen LogP contribution is -2.51. The molecule has 1 aromatic carbocycles. The summed E-state index contributed by atoms with van der Waals surface area (Å²) >= 11 is 0. The van der Waals surface area contributed by atoms with E-state index in [2.05, 4.69) is 11.8 Å². The molecule has 0 aliphatic carbocycles. The predicted octanol–water partition coefficient (Wildman–Crippen LogP) is 1.95. The number of morpholine rings is 1. The van der Waals surface area contributed by atoms with Gasteiger partial charge < -0.3 is 10.5 Å². The summed E-state index contributed by atoms with van der Waals surface area (Å²) in [6.45, 7) is 5.60. The summed E-state index contributed by atoms with van der Waals surface area (Å²) in [5.41, 5.74) is 6.86. The number of ether oxygens (including phenoxy) is 1. The van der Waals surface area contributed by atoms with Crippen molar-refractivity contribution in [3.63, 3.8) is 0 Å². The fourth-order valence-electron chi connectivity index (χ4n) is 2.58. The first-order chi connectivity index (χ1) is 9.60. The first kappa shape index (κ1) is 15.4. The molecule has 2 atom stereocenters. The predicted molar refractivity (Wildman–Crippen MR) is 74.5 cm³/mol. The molecule has 0 aromatic heterocycles. The van der Waals surface area contributed by atoms with Crippen molar-refractivity contribution in [2.24, 2.45) is 5.73 Å². The third kappa shape index (κ3) is 3.98. The van der Waals surface area contributed by atoms with E-state index in [0.29, 0.717) is 18.6 Å². The smallest absolute Gasteiger partial charge is 0.159 e. The van der Waals surface area contributed by atoms with E-state index >= 15 is 0 Å². The zero-order valence-electron chi connectivity index (χ0n) is 11.8. The van der Waals surface area contributed by atoms with Crippen LogP contribution in [0.2, 0.25) is 0 Å². The zero-order chi connectivity index (χ0) is 14.5. The molecule has 2 rings (SSSR count). The van der Waals surface area contributed by atoms with Crippen LogP contribution < -0.4 is 5.73 Å². The van der Waals surface area contributed by atoms with E-state index in [1.165, 1.54) is 6.07 Å². The van der Waals surface area contributed by atoms with Crippen LogP contribution in [-0.4, -0.2) is 43.3 Å². The molecule has 0 radical (unpaired) electrons. The molecule has 2 N–H and O–H groups in total. The number of nitrogens with zero attached hydrogens (tertiary/aromatic N) is 1. The molecule has 2 unspecified atom stereocenters. The summed E-state index contributed by atoms with van der Waals surface area (Å²) in [6.07, 6.45) is 1.54. The van der Waals surface area contributed by atoms with Crippen LogP contribution in [0.15, 0.2) is 18.2 Å². The fourth-order valence-corrected chi connectivity index (χ4v) is 2.58. The molecular formula is C15H22F2N2O. The van der Waals surface area contributed by atoms with Crippen molar-refractivity contribution in [1.82, 2.24) is 4.90 Å². The molecule has 1 heterocycles. The van der Waals surface area contributed by atoms with E-state index in [1.54, 1.807) is 6.07 Å². The van der Waals surface area contributed by atoms with Crippen LogP contribution in [0, 0.1) is 11.6 Å². The topological polar surface area (TPSA) is 38.5 Å². The summed E-state index contributed by atoms with van der Waals surface area (Å²) in [5.74, 6) is -1.66. The molecule has 1 aliphatic heterocycles. The van der Waals surface area contributed by atoms with Crippen molar-refractivity contribution >= 4 is 0 Å². The summed E-state index contributed by atoms with van der Waals surface area (Å²) in [6, 6.07) is 3.72. The van der Waals surface area contributed by atoms with E-state index in [9.17, 15) is 8.78 Å². The van der Waals surface area contributed by atoms with Gasteiger partial charge in [-0.2, -0.15) is 0 Å².